The van der Waals surface area contributed by atoms with Gasteiger partial charge in [-0.15, -0.1) is 0 Å². The molecule has 41 heavy (non-hydrogen) atoms. The quantitative estimate of drug-likeness (QED) is 0.145. The molecule has 13 heteroatoms. The van der Waals surface area contributed by atoms with Gasteiger partial charge in [-0.1, -0.05) is 38.1 Å². The Bertz CT molecular complexity index is 1220. The fourth-order valence-corrected chi connectivity index (χ4v) is 3.79. The first kappa shape index (κ1) is 32.6. The smallest absolute Gasteiger partial charge is 0.326 e. The predicted octanol–water partition coefficient (Wildman–Crippen LogP) is 0.270. The van der Waals surface area contributed by atoms with Crippen molar-refractivity contribution in [2.75, 3.05) is 0 Å². The molecule has 2 aromatic rings. The van der Waals surface area contributed by atoms with Crippen LogP contribution in [-0.2, 0) is 36.8 Å². The lowest BCUT2D eigenvalue weighted by atomic mass is 10.00. The number of aromatic hydroxyl groups is 2. The molecule has 3 amide bonds. The number of phenolic OH excluding ortho intramolecular Hbond substituents is 2. The van der Waals surface area contributed by atoms with Gasteiger partial charge in [-0.25, -0.2) is 4.79 Å². The minimum absolute atomic E-state index is 0.00197. The van der Waals surface area contributed by atoms with Crippen LogP contribution in [0.4, 0.5) is 0 Å². The Morgan fingerprint density at radius 1 is 0.683 bits per heavy atom. The summed E-state index contributed by atoms with van der Waals surface area (Å²) in [5, 5.41) is 45.1. The second-order valence-corrected chi connectivity index (χ2v) is 9.97. The minimum Gasteiger partial charge on any atom is -0.508 e. The van der Waals surface area contributed by atoms with Crippen LogP contribution in [-0.4, -0.2) is 74.3 Å². The molecule has 0 saturated carbocycles. The highest BCUT2D eigenvalue weighted by Gasteiger charge is 2.31. The van der Waals surface area contributed by atoms with Gasteiger partial charge in [-0.2, -0.15) is 0 Å². The second kappa shape index (κ2) is 15.2. The maximum absolute atomic E-state index is 13.5. The van der Waals surface area contributed by atoms with Crippen molar-refractivity contribution in [2.45, 2.75) is 63.7 Å². The fourth-order valence-electron chi connectivity index (χ4n) is 3.79. The minimum atomic E-state index is -1.53. The SMILES string of the molecule is CC(C)C(N)C(=O)NC(Cc1ccc(O)cc1)C(=O)NC(Cc1ccc(O)cc1)C(=O)NC(CCC(=O)O)C(=O)O. The average molecular weight is 573 g/mol. The highest BCUT2D eigenvalue weighted by molar-refractivity contribution is 5.94. The highest BCUT2D eigenvalue weighted by Crippen LogP contribution is 2.14. The van der Waals surface area contributed by atoms with Crippen LogP contribution in [0.5, 0.6) is 11.5 Å². The van der Waals surface area contributed by atoms with Gasteiger partial charge < -0.3 is 42.1 Å². The zero-order valence-electron chi connectivity index (χ0n) is 22.7. The number of rotatable bonds is 15. The molecule has 0 heterocycles. The number of carbonyl (C=O) groups excluding carboxylic acids is 3. The largest absolute Gasteiger partial charge is 0.508 e. The summed E-state index contributed by atoms with van der Waals surface area (Å²) in [4.78, 5) is 62.1. The van der Waals surface area contributed by atoms with Crippen molar-refractivity contribution in [3.05, 3.63) is 59.7 Å². The molecule has 13 nitrogen and oxygen atoms in total. The van der Waals surface area contributed by atoms with E-state index in [9.17, 15) is 39.3 Å². The van der Waals surface area contributed by atoms with Gasteiger partial charge in [0.15, 0.2) is 0 Å². The molecular formula is C28H36N4O9. The molecular weight excluding hydrogens is 536 g/mol. The van der Waals surface area contributed by atoms with E-state index in [1.54, 1.807) is 26.0 Å². The summed E-state index contributed by atoms with van der Waals surface area (Å²) in [5.41, 5.74) is 7.06. The maximum atomic E-state index is 13.5. The summed E-state index contributed by atoms with van der Waals surface area (Å²) in [6.07, 6.45) is -1.03. The lowest BCUT2D eigenvalue weighted by Crippen LogP contribution is -2.58. The number of amides is 3. The molecule has 0 aliphatic heterocycles. The van der Waals surface area contributed by atoms with Gasteiger partial charge in [-0.3, -0.25) is 19.2 Å². The molecule has 4 unspecified atom stereocenters. The summed E-state index contributed by atoms with van der Waals surface area (Å²) >= 11 is 0. The number of carboxylic acid groups (broad SMARTS) is 2. The van der Waals surface area contributed by atoms with Crippen LogP contribution >= 0.6 is 0 Å². The first-order chi connectivity index (χ1) is 19.3. The Balaban J connectivity index is 2.34. The van der Waals surface area contributed by atoms with Crippen LogP contribution in [0.15, 0.2) is 48.5 Å². The predicted molar refractivity (Wildman–Crippen MR) is 147 cm³/mol. The molecule has 0 radical (unpaired) electrons. The third-order valence-electron chi connectivity index (χ3n) is 6.30. The van der Waals surface area contributed by atoms with E-state index >= 15 is 0 Å². The van der Waals surface area contributed by atoms with E-state index in [1.807, 2.05) is 0 Å². The maximum Gasteiger partial charge on any atom is 0.326 e. The number of carboxylic acids is 2. The van der Waals surface area contributed by atoms with Crippen molar-refractivity contribution in [1.82, 2.24) is 16.0 Å². The van der Waals surface area contributed by atoms with Crippen LogP contribution in [0.25, 0.3) is 0 Å². The third kappa shape index (κ3) is 10.8. The molecule has 0 fully saturated rings. The zero-order valence-corrected chi connectivity index (χ0v) is 22.7. The number of benzene rings is 2. The highest BCUT2D eigenvalue weighted by atomic mass is 16.4. The summed E-state index contributed by atoms with van der Waals surface area (Å²) in [6, 6.07) is 6.73. The molecule has 9 N–H and O–H groups in total. The molecule has 0 aliphatic carbocycles. The molecule has 2 aromatic carbocycles. The molecule has 0 aliphatic rings. The number of hydrogen-bond acceptors (Lipinski definition) is 8. The van der Waals surface area contributed by atoms with E-state index in [-0.39, 0.29) is 36.7 Å². The van der Waals surface area contributed by atoms with E-state index in [1.165, 1.54) is 36.4 Å². The van der Waals surface area contributed by atoms with Crippen molar-refractivity contribution >= 4 is 29.7 Å². The second-order valence-electron chi connectivity index (χ2n) is 9.97. The fraction of sp³-hybridized carbons (Fsp3) is 0.393. The van der Waals surface area contributed by atoms with Gasteiger partial charge in [0.05, 0.1) is 6.04 Å². The Morgan fingerprint density at radius 3 is 1.44 bits per heavy atom. The van der Waals surface area contributed by atoms with Gasteiger partial charge in [0.1, 0.15) is 29.6 Å². The first-order valence-electron chi connectivity index (χ1n) is 12.9. The van der Waals surface area contributed by atoms with E-state index in [2.05, 4.69) is 16.0 Å². The molecule has 0 aromatic heterocycles. The summed E-state index contributed by atoms with van der Waals surface area (Å²) in [6.45, 7) is 3.47. The summed E-state index contributed by atoms with van der Waals surface area (Å²) < 4.78 is 0. The van der Waals surface area contributed by atoms with Gasteiger partial charge in [0.2, 0.25) is 17.7 Å². The zero-order chi connectivity index (χ0) is 30.7. The van der Waals surface area contributed by atoms with Crippen molar-refractivity contribution in [2.24, 2.45) is 11.7 Å². The Labute approximate surface area is 236 Å². The van der Waals surface area contributed by atoms with E-state index in [0.717, 1.165) is 0 Å². The Kier molecular flexibility index (Phi) is 12.1. The van der Waals surface area contributed by atoms with E-state index in [0.29, 0.717) is 11.1 Å². The third-order valence-corrected chi connectivity index (χ3v) is 6.30. The first-order valence-corrected chi connectivity index (χ1v) is 12.9. The van der Waals surface area contributed by atoms with Crippen molar-refractivity contribution < 1.29 is 44.4 Å². The molecule has 0 saturated heterocycles. The van der Waals surface area contributed by atoms with E-state index in [4.69, 9.17) is 10.8 Å². The van der Waals surface area contributed by atoms with Gasteiger partial charge in [0, 0.05) is 19.3 Å². The van der Waals surface area contributed by atoms with Crippen LogP contribution in [0, 0.1) is 5.92 Å². The standard InChI is InChI=1S/C28H36N4O9/c1-15(2)24(29)27(39)32-22(14-17-5-9-19(34)10-6-17)26(38)31-21(13-16-3-7-18(33)8-4-16)25(37)30-20(28(40)41)11-12-23(35)36/h3-10,15,20-22,24,33-34H,11-14,29H2,1-2H3,(H,30,37)(H,31,38)(H,32,39)(H,35,36)(H,40,41). The summed E-state index contributed by atoms with van der Waals surface area (Å²) in [7, 11) is 0. The number of aliphatic carboxylic acids is 2. The van der Waals surface area contributed by atoms with Gasteiger partial charge >= 0.3 is 11.9 Å². The van der Waals surface area contributed by atoms with Gasteiger partial charge in [0.25, 0.3) is 0 Å². The summed E-state index contributed by atoms with van der Waals surface area (Å²) in [5.74, 6) is -5.21. The average Bonchev–Trinajstić information content (AvgIpc) is 2.91. The lowest BCUT2D eigenvalue weighted by molar-refractivity contribution is -0.143. The number of carbonyl (C=O) groups is 5. The molecule has 0 bridgehead atoms. The lowest BCUT2D eigenvalue weighted by Gasteiger charge is -2.26. The normalized spacial score (nSPS) is 13.9. The molecule has 2 rings (SSSR count). The van der Waals surface area contributed by atoms with Crippen LogP contribution < -0.4 is 21.7 Å². The van der Waals surface area contributed by atoms with E-state index < -0.39 is 60.2 Å². The Morgan fingerprint density at radius 2 is 1.07 bits per heavy atom. The molecule has 0 spiro atoms. The van der Waals surface area contributed by atoms with Crippen LogP contribution in [0.2, 0.25) is 0 Å². The van der Waals surface area contributed by atoms with Gasteiger partial charge in [-0.05, 0) is 47.7 Å². The van der Waals surface area contributed by atoms with Crippen molar-refractivity contribution in [1.29, 1.82) is 0 Å². The monoisotopic (exact) mass is 572 g/mol. The number of hydrogen-bond donors (Lipinski definition) is 8. The molecule has 222 valence electrons. The number of phenols is 2. The topological polar surface area (TPSA) is 228 Å². The van der Waals surface area contributed by atoms with Crippen LogP contribution in [0.3, 0.4) is 0 Å². The molecule has 4 atom stereocenters. The number of nitrogens with one attached hydrogen (secondary N) is 3. The Hall–Kier alpha value is -4.65. The van der Waals surface area contributed by atoms with Crippen molar-refractivity contribution in [3.63, 3.8) is 0 Å². The van der Waals surface area contributed by atoms with Crippen LogP contribution in [0.1, 0.15) is 37.8 Å². The van der Waals surface area contributed by atoms with Crippen molar-refractivity contribution in [3.8, 4) is 11.5 Å². The number of nitrogens with two attached hydrogens (primary N) is 1.